The second kappa shape index (κ2) is 7.70. The molecule has 6 nitrogen and oxygen atoms in total. The average molecular weight is 358 g/mol. The molecule has 0 aliphatic carbocycles. The van der Waals surface area contributed by atoms with Crippen molar-refractivity contribution in [3.05, 3.63) is 103 Å². The maximum atomic E-state index is 13.1. The highest BCUT2D eigenvalue weighted by Crippen LogP contribution is 2.16. The number of rotatable bonds is 6. The molecule has 0 radical (unpaired) electrons. The van der Waals surface area contributed by atoms with Gasteiger partial charge in [0.1, 0.15) is 5.76 Å². The zero-order chi connectivity index (χ0) is 18.5. The molecule has 4 rings (SSSR count). The van der Waals surface area contributed by atoms with Crippen molar-refractivity contribution in [2.75, 3.05) is 0 Å². The van der Waals surface area contributed by atoms with Gasteiger partial charge < -0.3 is 9.32 Å². The van der Waals surface area contributed by atoms with Crippen molar-refractivity contribution in [3.63, 3.8) is 0 Å². The molecule has 0 unspecified atom stereocenters. The number of hydrogen-bond donors (Lipinski definition) is 0. The van der Waals surface area contributed by atoms with Gasteiger partial charge >= 0.3 is 0 Å². The molecular formula is C21H18N4O2. The van der Waals surface area contributed by atoms with Crippen molar-refractivity contribution >= 4 is 5.91 Å². The largest absolute Gasteiger partial charge is 0.467 e. The van der Waals surface area contributed by atoms with Gasteiger partial charge in [0.2, 0.25) is 0 Å². The van der Waals surface area contributed by atoms with E-state index < -0.39 is 0 Å². The normalized spacial score (nSPS) is 10.7. The Morgan fingerprint density at radius 2 is 1.89 bits per heavy atom. The molecule has 0 N–H and O–H groups in total. The Kier molecular flexibility index (Phi) is 4.78. The summed E-state index contributed by atoms with van der Waals surface area (Å²) in [6.07, 6.45) is 8.68. The van der Waals surface area contributed by atoms with Crippen LogP contribution in [-0.2, 0) is 13.1 Å². The minimum Gasteiger partial charge on any atom is -0.467 e. The lowest BCUT2D eigenvalue weighted by molar-refractivity contribution is 0.0717. The van der Waals surface area contributed by atoms with Crippen LogP contribution in [0.15, 0.2) is 90.1 Å². The van der Waals surface area contributed by atoms with Crippen LogP contribution in [-0.4, -0.2) is 25.6 Å². The summed E-state index contributed by atoms with van der Waals surface area (Å²) in [6.45, 7) is 0.843. The zero-order valence-corrected chi connectivity index (χ0v) is 14.6. The molecule has 0 aliphatic rings. The van der Waals surface area contributed by atoms with Gasteiger partial charge in [0.25, 0.3) is 5.91 Å². The van der Waals surface area contributed by atoms with E-state index in [1.807, 2.05) is 60.8 Å². The maximum Gasteiger partial charge on any atom is 0.254 e. The Morgan fingerprint density at radius 3 is 2.56 bits per heavy atom. The first-order chi connectivity index (χ1) is 13.3. The van der Waals surface area contributed by atoms with Crippen molar-refractivity contribution in [2.45, 2.75) is 13.1 Å². The Balaban J connectivity index is 1.57. The van der Waals surface area contributed by atoms with E-state index in [1.165, 1.54) is 0 Å². The average Bonchev–Trinajstić information content (AvgIpc) is 3.42. The third-order valence-electron chi connectivity index (χ3n) is 4.19. The van der Waals surface area contributed by atoms with Crippen LogP contribution in [0.5, 0.6) is 0 Å². The van der Waals surface area contributed by atoms with Gasteiger partial charge in [-0.25, -0.2) is 4.68 Å². The molecule has 0 saturated heterocycles. The highest BCUT2D eigenvalue weighted by molar-refractivity contribution is 5.94. The van der Waals surface area contributed by atoms with Crippen LogP contribution in [0.4, 0.5) is 0 Å². The second-order valence-corrected chi connectivity index (χ2v) is 6.10. The van der Waals surface area contributed by atoms with E-state index in [0.717, 1.165) is 17.0 Å². The van der Waals surface area contributed by atoms with Gasteiger partial charge in [-0.2, -0.15) is 5.10 Å². The fourth-order valence-electron chi connectivity index (χ4n) is 2.86. The number of amides is 1. The van der Waals surface area contributed by atoms with Gasteiger partial charge in [0, 0.05) is 36.9 Å². The monoisotopic (exact) mass is 358 g/mol. The van der Waals surface area contributed by atoms with E-state index in [0.29, 0.717) is 18.7 Å². The summed E-state index contributed by atoms with van der Waals surface area (Å²) in [5.74, 6) is 0.669. The van der Waals surface area contributed by atoms with Crippen LogP contribution in [0.2, 0.25) is 0 Å². The number of pyridine rings is 1. The molecule has 4 aromatic rings. The summed E-state index contributed by atoms with van der Waals surface area (Å²) in [5.41, 5.74) is 2.48. The van der Waals surface area contributed by atoms with Gasteiger partial charge in [-0.15, -0.1) is 0 Å². The number of aromatic nitrogens is 3. The molecule has 3 aromatic heterocycles. The zero-order valence-electron chi connectivity index (χ0n) is 14.6. The smallest absolute Gasteiger partial charge is 0.254 e. The lowest BCUT2D eigenvalue weighted by atomic mass is 10.1. The molecule has 3 heterocycles. The van der Waals surface area contributed by atoms with Gasteiger partial charge in [0.15, 0.2) is 0 Å². The fraction of sp³-hybridized carbons (Fsp3) is 0.0952. The first kappa shape index (κ1) is 16.8. The quantitative estimate of drug-likeness (QED) is 0.527. The second-order valence-electron chi connectivity index (χ2n) is 6.10. The first-order valence-electron chi connectivity index (χ1n) is 8.60. The summed E-state index contributed by atoms with van der Waals surface area (Å²) in [4.78, 5) is 19.0. The van der Waals surface area contributed by atoms with E-state index >= 15 is 0 Å². The molecule has 0 fully saturated rings. The van der Waals surface area contributed by atoms with Crippen LogP contribution >= 0.6 is 0 Å². The van der Waals surface area contributed by atoms with E-state index in [2.05, 4.69) is 10.1 Å². The van der Waals surface area contributed by atoms with Crippen LogP contribution in [0.25, 0.3) is 5.69 Å². The number of hydrogen-bond acceptors (Lipinski definition) is 4. The highest BCUT2D eigenvalue weighted by atomic mass is 16.3. The molecule has 27 heavy (non-hydrogen) atoms. The minimum atomic E-state index is -0.0673. The molecular weight excluding hydrogens is 340 g/mol. The molecule has 0 atom stereocenters. The number of nitrogens with zero attached hydrogens (tertiary/aromatic N) is 4. The summed E-state index contributed by atoms with van der Waals surface area (Å²) in [6, 6.07) is 16.8. The molecule has 0 aliphatic heterocycles. The molecule has 134 valence electrons. The van der Waals surface area contributed by atoms with Crippen molar-refractivity contribution in [1.82, 2.24) is 19.7 Å². The number of carbonyl (C=O) groups excluding carboxylic acids is 1. The SMILES string of the molecule is O=C(c1ccc(-n2cccn2)cc1)N(Cc1cccnc1)Cc1ccco1. The molecule has 1 amide bonds. The predicted molar refractivity (Wildman–Crippen MR) is 100 cm³/mol. The van der Waals surface area contributed by atoms with Gasteiger partial charge in [-0.1, -0.05) is 6.07 Å². The Morgan fingerprint density at radius 1 is 1.00 bits per heavy atom. The van der Waals surface area contributed by atoms with Crippen LogP contribution in [0, 0.1) is 0 Å². The first-order valence-corrected chi connectivity index (χ1v) is 8.60. The molecule has 0 bridgehead atoms. The predicted octanol–water partition coefficient (Wildman–Crippen LogP) is 3.70. The van der Waals surface area contributed by atoms with E-state index in [1.54, 1.807) is 34.4 Å². The number of benzene rings is 1. The standard InChI is InChI=1S/C21H18N4O2/c26-21(18-6-8-19(9-7-18)25-12-3-11-23-25)24(16-20-5-2-13-27-20)15-17-4-1-10-22-14-17/h1-14H,15-16H2. The van der Waals surface area contributed by atoms with E-state index in [9.17, 15) is 4.79 Å². The maximum absolute atomic E-state index is 13.1. The van der Waals surface area contributed by atoms with E-state index in [-0.39, 0.29) is 5.91 Å². The van der Waals surface area contributed by atoms with Crippen LogP contribution < -0.4 is 0 Å². The Hall–Kier alpha value is -3.67. The van der Waals surface area contributed by atoms with E-state index in [4.69, 9.17) is 4.42 Å². The van der Waals surface area contributed by atoms with Crippen molar-refractivity contribution in [1.29, 1.82) is 0 Å². The number of carbonyl (C=O) groups is 1. The minimum absolute atomic E-state index is 0.0673. The summed E-state index contributed by atoms with van der Waals surface area (Å²) >= 11 is 0. The topological polar surface area (TPSA) is 64.2 Å². The number of furan rings is 1. The third kappa shape index (κ3) is 3.95. The molecule has 6 heteroatoms. The third-order valence-corrected chi connectivity index (χ3v) is 4.19. The highest BCUT2D eigenvalue weighted by Gasteiger charge is 2.18. The van der Waals surface area contributed by atoms with Crippen LogP contribution in [0.3, 0.4) is 0 Å². The lowest BCUT2D eigenvalue weighted by Gasteiger charge is -2.22. The van der Waals surface area contributed by atoms with Crippen molar-refractivity contribution in [3.8, 4) is 5.69 Å². The fourth-order valence-corrected chi connectivity index (χ4v) is 2.86. The van der Waals surface area contributed by atoms with Gasteiger partial charge in [-0.05, 0) is 54.1 Å². The Labute approximate surface area is 156 Å². The van der Waals surface area contributed by atoms with Crippen molar-refractivity contribution in [2.24, 2.45) is 0 Å². The van der Waals surface area contributed by atoms with Gasteiger partial charge in [-0.3, -0.25) is 9.78 Å². The summed E-state index contributed by atoms with van der Waals surface area (Å²) < 4.78 is 7.19. The van der Waals surface area contributed by atoms with Crippen molar-refractivity contribution < 1.29 is 9.21 Å². The van der Waals surface area contributed by atoms with Gasteiger partial charge in [0.05, 0.1) is 18.5 Å². The molecule has 0 saturated carbocycles. The Bertz CT molecular complexity index is 979. The summed E-state index contributed by atoms with van der Waals surface area (Å²) in [5, 5.41) is 4.20. The molecule has 0 spiro atoms. The van der Waals surface area contributed by atoms with Crippen LogP contribution in [0.1, 0.15) is 21.7 Å². The molecule has 1 aromatic carbocycles. The summed E-state index contributed by atoms with van der Waals surface area (Å²) in [7, 11) is 0. The lowest BCUT2D eigenvalue weighted by Crippen LogP contribution is -2.30.